The number of piperidine rings is 1. The fourth-order valence-electron chi connectivity index (χ4n) is 3.43. The second kappa shape index (κ2) is 8.40. The molecule has 0 spiro atoms. The van der Waals surface area contributed by atoms with E-state index in [1.807, 2.05) is 0 Å². The lowest BCUT2D eigenvalue weighted by Crippen LogP contribution is -2.44. The van der Waals surface area contributed by atoms with Crippen LogP contribution in [-0.2, 0) is 12.6 Å². The second-order valence-electron chi connectivity index (χ2n) is 7.00. The average molecular weight is 414 g/mol. The van der Waals surface area contributed by atoms with Crippen molar-refractivity contribution < 1.29 is 26.7 Å². The van der Waals surface area contributed by atoms with Gasteiger partial charge in [-0.15, -0.1) is 0 Å². The number of benzene rings is 1. The first-order valence-corrected chi connectivity index (χ1v) is 9.04. The summed E-state index contributed by atoms with van der Waals surface area (Å²) in [5.74, 6) is -3.08. The van der Waals surface area contributed by atoms with Crippen molar-refractivity contribution in [2.75, 3.05) is 13.1 Å². The zero-order valence-electron chi connectivity index (χ0n) is 15.3. The molecule has 0 radical (unpaired) electrons. The highest BCUT2D eigenvalue weighted by atomic mass is 19.4. The van der Waals surface area contributed by atoms with Crippen LogP contribution in [0.4, 0.5) is 22.0 Å². The molecular formula is C19H19F5N4O. The first-order chi connectivity index (χ1) is 13.6. The summed E-state index contributed by atoms with van der Waals surface area (Å²) in [6, 6.07) is 3.91. The van der Waals surface area contributed by atoms with Gasteiger partial charge < -0.3 is 10.6 Å². The minimum atomic E-state index is -4.73. The molecule has 0 unspecified atom stereocenters. The van der Waals surface area contributed by atoms with E-state index in [9.17, 15) is 26.7 Å². The van der Waals surface area contributed by atoms with Gasteiger partial charge in [-0.2, -0.15) is 13.2 Å². The molecule has 1 aromatic heterocycles. The molecule has 2 aromatic rings. The number of rotatable bonds is 4. The van der Waals surface area contributed by atoms with Gasteiger partial charge >= 0.3 is 6.18 Å². The van der Waals surface area contributed by atoms with Crippen LogP contribution in [0.5, 0.6) is 0 Å². The van der Waals surface area contributed by atoms with Gasteiger partial charge in [0.2, 0.25) is 5.82 Å². The fraction of sp³-hybridized carbons (Fsp3) is 0.421. The monoisotopic (exact) mass is 414 g/mol. The smallest absolute Gasteiger partial charge is 0.337 e. The van der Waals surface area contributed by atoms with Gasteiger partial charge in [0.1, 0.15) is 17.3 Å². The van der Waals surface area contributed by atoms with Crippen molar-refractivity contribution in [1.82, 2.24) is 14.9 Å². The van der Waals surface area contributed by atoms with Crippen LogP contribution in [0.1, 0.15) is 34.7 Å². The number of hydrogen-bond donors (Lipinski definition) is 1. The number of hydrogen-bond acceptors (Lipinski definition) is 4. The Morgan fingerprint density at radius 3 is 2.55 bits per heavy atom. The molecule has 3 rings (SSSR count). The number of carbonyl (C=O) groups excluding carboxylic acids is 1. The van der Waals surface area contributed by atoms with Crippen molar-refractivity contribution in [3.05, 3.63) is 59.2 Å². The van der Waals surface area contributed by atoms with Crippen molar-refractivity contribution >= 4 is 5.91 Å². The summed E-state index contributed by atoms with van der Waals surface area (Å²) in [6.07, 6.45) is -2.67. The Morgan fingerprint density at radius 2 is 1.90 bits per heavy atom. The molecule has 1 amide bonds. The summed E-state index contributed by atoms with van der Waals surface area (Å²) in [5, 5.41) is 0. The number of amides is 1. The van der Waals surface area contributed by atoms with E-state index in [0.717, 1.165) is 30.5 Å². The Balaban J connectivity index is 1.60. The maximum atomic E-state index is 13.8. The quantitative estimate of drug-likeness (QED) is 0.780. The fourth-order valence-corrected chi connectivity index (χ4v) is 3.43. The number of likely N-dealkylation sites (tertiary alicyclic amines) is 1. The van der Waals surface area contributed by atoms with Crippen LogP contribution in [-0.4, -0.2) is 39.9 Å². The summed E-state index contributed by atoms with van der Waals surface area (Å²) in [7, 11) is 0. The van der Waals surface area contributed by atoms with Gasteiger partial charge in [-0.25, -0.2) is 18.7 Å². The third-order valence-electron chi connectivity index (χ3n) is 5.02. The highest BCUT2D eigenvalue weighted by molar-refractivity contribution is 5.92. The molecule has 156 valence electrons. The van der Waals surface area contributed by atoms with Crippen LogP contribution >= 0.6 is 0 Å². The van der Waals surface area contributed by atoms with E-state index >= 15 is 0 Å². The molecule has 1 aliphatic rings. The predicted octanol–water partition coefficient (Wildman–Crippen LogP) is 3.20. The molecule has 2 N–H and O–H groups in total. The van der Waals surface area contributed by atoms with Crippen LogP contribution in [0.3, 0.4) is 0 Å². The van der Waals surface area contributed by atoms with E-state index < -0.39 is 35.6 Å². The van der Waals surface area contributed by atoms with Gasteiger partial charge in [0.05, 0.1) is 0 Å². The Morgan fingerprint density at radius 1 is 1.21 bits per heavy atom. The Kier molecular flexibility index (Phi) is 6.11. The minimum absolute atomic E-state index is 0.0298. The Hall–Kier alpha value is -2.62. The first kappa shape index (κ1) is 21.1. The van der Waals surface area contributed by atoms with Gasteiger partial charge in [0, 0.05) is 25.3 Å². The molecule has 10 heteroatoms. The molecule has 0 aliphatic carbocycles. The van der Waals surface area contributed by atoms with Gasteiger partial charge in [0.25, 0.3) is 5.91 Å². The molecule has 1 atom stereocenters. The number of carbonyl (C=O) groups is 1. The molecule has 0 bridgehead atoms. The maximum Gasteiger partial charge on any atom is 0.451 e. The topological polar surface area (TPSA) is 72.1 Å². The van der Waals surface area contributed by atoms with Crippen LogP contribution in [0.25, 0.3) is 0 Å². The zero-order chi connectivity index (χ0) is 21.2. The SMILES string of the molecule is N[C@@H](Cc1cc(F)ccc1F)C1CCN(C(=O)c2ccnc(C(F)(F)F)n2)CC1. The second-order valence-corrected chi connectivity index (χ2v) is 7.00. The van der Waals surface area contributed by atoms with E-state index in [4.69, 9.17) is 5.73 Å². The van der Waals surface area contributed by atoms with Crippen LogP contribution in [0.2, 0.25) is 0 Å². The molecule has 1 fully saturated rings. The summed E-state index contributed by atoms with van der Waals surface area (Å²) >= 11 is 0. The molecule has 1 aromatic carbocycles. The summed E-state index contributed by atoms with van der Waals surface area (Å²) in [6.45, 7) is 0.572. The minimum Gasteiger partial charge on any atom is -0.337 e. The highest BCUT2D eigenvalue weighted by Gasteiger charge is 2.36. The summed E-state index contributed by atoms with van der Waals surface area (Å²) < 4.78 is 65.3. The molecule has 2 heterocycles. The Bertz CT molecular complexity index is 881. The van der Waals surface area contributed by atoms with E-state index in [-0.39, 0.29) is 36.7 Å². The highest BCUT2D eigenvalue weighted by Crippen LogP contribution is 2.27. The van der Waals surface area contributed by atoms with E-state index in [2.05, 4.69) is 9.97 Å². The average Bonchev–Trinajstić information content (AvgIpc) is 2.69. The number of halogens is 5. The van der Waals surface area contributed by atoms with Crippen molar-refractivity contribution in [1.29, 1.82) is 0 Å². The number of aromatic nitrogens is 2. The normalized spacial score (nSPS) is 16.7. The molecule has 5 nitrogen and oxygen atoms in total. The molecule has 1 saturated heterocycles. The van der Waals surface area contributed by atoms with Gasteiger partial charge in [-0.05, 0) is 55.0 Å². The van der Waals surface area contributed by atoms with E-state index in [0.29, 0.717) is 12.8 Å². The van der Waals surface area contributed by atoms with Crippen molar-refractivity contribution in [3.63, 3.8) is 0 Å². The summed E-state index contributed by atoms with van der Waals surface area (Å²) in [5.41, 5.74) is 6.03. The van der Waals surface area contributed by atoms with E-state index in [1.54, 1.807) is 0 Å². The Labute approximate surface area is 163 Å². The number of alkyl halides is 3. The lowest BCUT2D eigenvalue weighted by atomic mass is 9.86. The molecule has 29 heavy (non-hydrogen) atoms. The number of nitrogens with two attached hydrogens (primary N) is 1. The summed E-state index contributed by atoms with van der Waals surface area (Å²) in [4.78, 5) is 20.3. The van der Waals surface area contributed by atoms with Crippen molar-refractivity contribution in [2.45, 2.75) is 31.5 Å². The largest absolute Gasteiger partial charge is 0.451 e. The van der Waals surface area contributed by atoms with Gasteiger partial charge in [-0.1, -0.05) is 0 Å². The maximum absolute atomic E-state index is 13.8. The molecule has 1 aliphatic heterocycles. The third kappa shape index (κ3) is 5.06. The lowest BCUT2D eigenvalue weighted by Gasteiger charge is -2.34. The van der Waals surface area contributed by atoms with Gasteiger partial charge in [-0.3, -0.25) is 4.79 Å². The zero-order valence-corrected chi connectivity index (χ0v) is 15.3. The van der Waals surface area contributed by atoms with Gasteiger partial charge in [0.15, 0.2) is 0 Å². The predicted molar refractivity (Wildman–Crippen MR) is 93.7 cm³/mol. The van der Waals surface area contributed by atoms with Crippen molar-refractivity contribution in [3.8, 4) is 0 Å². The van der Waals surface area contributed by atoms with Crippen LogP contribution in [0, 0.1) is 17.6 Å². The first-order valence-electron chi connectivity index (χ1n) is 9.04. The molecular weight excluding hydrogens is 395 g/mol. The van der Waals surface area contributed by atoms with Crippen LogP contribution < -0.4 is 5.73 Å². The standard InChI is InChI=1S/C19H19F5N4O/c20-13-1-2-14(21)12(9-13)10-15(25)11-4-7-28(8-5-11)17(29)16-3-6-26-18(27-16)19(22,23)24/h1-3,6,9,11,15H,4-5,7-8,10,25H2/t15-/m0/s1. The van der Waals surface area contributed by atoms with E-state index in [1.165, 1.54) is 4.90 Å². The third-order valence-corrected chi connectivity index (χ3v) is 5.02. The lowest BCUT2D eigenvalue weighted by molar-refractivity contribution is -0.145. The number of nitrogens with zero attached hydrogens (tertiary/aromatic N) is 3. The molecule has 0 saturated carbocycles. The van der Waals surface area contributed by atoms with Crippen molar-refractivity contribution in [2.24, 2.45) is 11.7 Å². The van der Waals surface area contributed by atoms with Crippen LogP contribution in [0.15, 0.2) is 30.5 Å².